The molecule has 0 bridgehead atoms. The Kier molecular flexibility index (Phi) is 2.66. The van der Waals surface area contributed by atoms with E-state index in [2.05, 4.69) is 6.07 Å². The van der Waals surface area contributed by atoms with Crippen molar-refractivity contribution in [2.24, 2.45) is 0 Å². The molecule has 16 heavy (non-hydrogen) atoms. The molecule has 0 atom stereocenters. The van der Waals surface area contributed by atoms with Gasteiger partial charge in [0.1, 0.15) is 0 Å². The molecule has 0 fully saturated rings. The number of benzene rings is 2. The van der Waals surface area contributed by atoms with Gasteiger partial charge in [0, 0.05) is 11.8 Å². The third kappa shape index (κ3) is 1.92. The van der Waals surface area contributed by atoms with Crippen LogP contribution in [0.15, 0.2) is 58.3 Å². The predicted octanol–water partition coefficient (Wildman–Crippen LogP) is 1.90. The first-order chi connectivity index (χ1) is 7.60. The second kappa shape index (κ2) is 3.98. The van der Waals surface area contributed by atoms with E-state index in [1.165, 1.54) is 12.1 Å². The highest BCUT2D eigenvalue weighted by atomic mass is 32.2. The Morgan fingerprint density at radius 3 is 2.38 bits per heavy atom. The van der Waals surface area contributed by atoms with Crippen molar-refractivity contribution < 1.29 is 8.42 Å². The van der Waals surface area contributed by atoms with Crippen molar-refractivity contribution in [1.82, 2.24) is 0 Å². The van der Waals surface area contributed by atoms with Gasteiger partial charge in [0.15, 0.2) is 0 Å². The Bertz CT molecular complexity index is 591. The number of nitrogens with two attached hydrogens (primary N) is 1. The van der Waals surface area contributed by atoms with Gasteiger partial charge in [-0.05, 0) is 24.3 Å². The second-order valence-electron chi connectivity index (χ2n) is 3.30. The lowest BCUT2D eigenvalue weighted by atomic mass is 10.3. The first-order valence-corrected chi connectivity index (χ1v) is 6.16. The molecule has 0 spiro atoms. The molecular weight excluding hydrogens is 222 g/mol. The number of sulfone groups is 1. The van der Waals surface area contributed by atoms with Crippen LogP contribution in [0, 0.1) is 6.07 Å². The monoisotopic (exact) mass is 232 g/mol. The lowest BCUT2D eigenvalue weighted by molar-refractivity contribution is 0.596. The summed E-state index contributed by atoms with van der Waals surface area (Å²) in [4.78, 5) is 0.343. The maximum absolute atomic E-state index is 12.1. The number of rotatable bonds is 2. The summed E-state index contributed by atoms with van der Waals surface area (Å²) in [5, 5.41) is 0. The van der Waals surface area contributed by atoms with Gasteiger partial charge in [-0.25, -0.2) is 8.42 Å². The molecule has 2 aromatic rings. The zero-order valence-electron chi connectivity index (χ0n) is 8.42. The highest BCUT2D eigenvalue weighted by Crippen LogP contribution is 2.21. The molecule has 81 valence electrons. The largest absolute Gasteiger partial charge is 0.399 e. The molecule has 0 aliphatic carbocycles. The number of anilines is 1. The van der Waals surface area contributed by atoms with E-state index in [4.69, 9.17) is 5.73 Å². The minimum Gasteiger partial charge on any atom is -0.399 e. The van der Waals surface area contributed by atoms with E-state index in [0.717, 1.165) is 0 Å². The van der Waals surface area contributed by atoms with E-state index in [-0.39, 0.29) is 9.79 Å². The third-order valence-electron chi connectivity index (χ3n) is 2.14. The number of nitrogen functional groups attached to an aromatic ring is 1. The first-order valence-electron chi connectivity index (χ1n) is 4.68. The van der Waals surface area contributed by atoms with Crippen LogP contribution in [0.2, 0.25) is 0 Å². The minimum atomic E-state index is -3.50. The summed E-state index contributed by atoms with van der Waals surface area (Å²) in [7, 11) is -3.50. The fraction of sp³-hybridized carbons (Fsp3) is 0. The summed E-state index contributed by atoms with van der Waals surface area (Å²) < 4.78 is 24.2. The summed E-state index contributed by atoms with van der Waals surface area (Å²) in [6.07, 6.45) is 0. The van der Waals surface area contributed by atoms with Crippen molar-refractivity contribution in [2.75, 3.05) is 5.73 Å². The summed E-state index contributed by atoms with van der Waals surface area (Å²) in [6, 6.07) is 15.4. The lowest BCUT2D eigenvalue weighted by Crippen LogP contribution is -2.02. The predicted molar refractivity (Wildman–Crippen MR) is 61.6 cm³/mol. The van der Waals surface area contributed by atoms with E-state index in [0.29, 0.717) is 5.69 Å². The van der Waals surface area contributed by atoms with Crippen LogP contribution < -0.4 is 5.73 Å². The van der Waals surface area contributed by atoms with Gasteiger partial charge in [0.25, 0.3) is 0 Å². The molecule has 0 saturated carbocycles. The van der Waals surface area contributed by atoms with E-state index >= 15 is 0 Å². The topological polar surface area (TPSA) is 60.2 Å². The first kappa shape index (κ1) is 10.7. The molecule has 0 amide bonds. The Morgan fingerprint density at radius 1 is 1.06 bits per heavy atom. The average Bonchev–Trinajstić information content (AvgIpc) is 2.30. The van der Waals surface area contributed by atoms with Gasteiger partial charge in [-0.1, -0.05) is 24.3 Å². The van der Waals surface area contributed by atoms with Crippen molar-refractivity contribution in [1.29, 1.82) is 0 Å². The molecule has 0 saturated heterocycles. The molecular formula is C12H10NO2S. The SMILES string of the molecule is Nc1cc[c]c(S(=O)(=O)c2ccccc2)c1. The molecule has 0 heterocycles. The fourth-order valence-electron chi connectivity index (χ4n) is 1.34. The van der Waals surface area contributed by atoms with Crippen LogP contribution in [0.1, 0.15) is 0 Å². The Morgan fingerprint density at radius 2 is 1.75 bits per heavy atom. The molecule has 0 aliphatic rings. The van der Waals surface area contributed by atoms with Crippen LogP contribution in [0.3, 0.4) is 0 Å². The van der Waals surface area contributed by atoms with Crippen molar-refractivity contribution in [3.8, 4) is 0 Å². The standard InChI is InChI=1S/C12H10NO2S/c13-10-5-4-8-12(9-10)16(14,15)11-6-2-1-3-7-11/h1-7,9H,13H2. The minimum absolute atomic E-state index is 0.0960. The summed E-state index contributed by atoms with van der Waals surface area (Å²) >= 11 is 0. The van der Waals surface area contributed by atoms with E-state index < -0.39 is 9.84 Å². The molecule has 0 aromatic heterocycles. The summed E-state index contributed by atoms with van der Waals surface area (Å²) in [5.74, 6) is 0. The maximum atomic E-state index is 12.1. The van der Waals surface area contributed by atoms with Crippen LogP contribution in [0.25, 0.3) is 0 Å². The van der Waals surface area contributed by atoms with E-state index in [1.54, 1.807) is 36.4 Å². The maximum Gasteiger partial charge on any atom is 0.207 e. The van der Waals surface area contributed by atoms with Gasteiger partial charge in [-0.15, -0.1) is 0 Å². The average molecular weight is 232 g/mol. The third-order valence-corrected chi connectivity index (χ3v) is 3.85. The van der Waals surface area contributed by atoms with Crippen LogP contribution >= 0.6 is 0 Å². The van der Waals surface area contributed by atoms with Gasteiger partial charge >= 0.3 is 0 Å². The molecule has 1 radical (unpaired) electrons. The highest BCUT2D eigenvalue weighted by molar-refractivity contribution is 7.91. The van der Waals surface area contributed by atoms with Crippen molar-refractivity contribution in [3.63, 3.8) is 0 Å². The fourth-order valence-corrected chi connectivity index (χ4v) is 2.63. The zero-order chi connectivity index (χ0) is 11.6. The lowest BCUT2D eigenvalue weighted by Gasteiger charge is -2.04. The van der Waals surface area contributed by atoms with Gasteiger partial charge in [-0.2, -0.15) is 0 Å². The van der Waals surface area contributed by atoms with Gasteiger partial charge in [-0.3, -0.25) is 0 Å². The van der Waals surface area contributed by atoms with E-state index in [9.17, 15) is 8.42 Å². The Balaban J connectivity index is 2.56. The number of hydrogen-bond acceptors (Lipinski definition) is 3. The molecule has 2 aromatic carbocycles. The Labute approximate surface area is 94.5 Å². The summed E-state index contributed by atoms with van der Waals surface area (Å²) in [5.41, 5.74) is 5.96. The molecule has 3 nitrogen and oxygen atoms in total. The van der Waals surface area contributed by atoms with Crippen LogP contribution in [-0.2, 0) is 9.84 Å². The van der Waals surface area contributed by atoms with Crippen molar-refractivity contribution >= 4 is 15.5 Å². The van der Waals surface area contributed by atoms with Gasteiger partial charge in [0.2, 0.25) is 9.84 Å². The molecule has 0 aliphatic heterocycles. The molecule has 0 unspecified atom stereocenters. The summed E-state index contributed by atoms with van der Waals surface area (Å²) in [6.45, 7) is 0. The number of hydrogen-bond donors (Lipinski definition) is 1. The second-order valence-corrected chi connectivity index (χ2v) is 5.22. The zero-order valence-corrected chi connectivity index (χ0v) is 9.24. The van der Waals surface area contributed by atoms with Gasteiger partial charge in [0.05, 0.1) is 9.79 Å². The van der Waals surface area contributed by atoms with Gasteiger partial charge < -0.3 is 5.73 Å². The highest BCUT2D eigenvalue weighted by Gasteiger charge is 2.17. The van der Waals surface area contributed by atoms with Crippen LogP contribution in [0.4, 0.5) is 5.69 Å². The van der Waals surface area contributed by atoms with E-state index in [1.807, 2.05) is 0 Å². The smallest absolute Gasteiger partial charge is 0.207 e. The van der Waals surface area contributed by atoms with Crippen LogP contribution in [0.5, 0.6) is 0 Å². The van der Waals surface area contributed by atoms with Crippen molar-refractivity contribution in [2.45, 2.75) is 9.79 Å². The quantitative estimate of drug-likeness (QED) is 0.804. The van der Waals surface area contributed by atoms with Crippen molar-refractivity contribution in [3.05, 3.63) is 54.6 Å². The molecule has 4 heteroatoms. The Hall–Kier alpha value is -1.81. The molecule has 2 N–H and O–H groups in total. The normalized spacial score (nSPS) is 11.2. The van der Waals surface area contributed by atoms with Crippen LogP contribution in [-0.4, -0.2) is 8.42 Å². The molecule has 2 rings (SSSR count).